The van der Waals surface area contributed by atoms with Gasteiger partial charge in [-0.2, -0.15) is 0 Å². The van der Waals surface area contributed by atoms with E-state index < -0.39 is 13.8 Å². The summed E-state index contributed by atoms with van der Waals surface area (Å²) in [5.41, 5.74) is 0. The lowest BCUT2D eigenvalue weighted by Gasteiger charge is -2.15. The number of carboxylic acids is 1. The summed E-state index contributed by atoms with van der Waals surface area (Å²) in [6.45, 7) is 5.72. The molecule has 53 heavy (non-hydrogen) atoms. The standard InChI is InChI=1S/C25H52NO6P.C18H36O2/c1-4-5-6-7-8-9-10-11-12-13-14-15-16-17-18-20-25(27)30-22-19-23-31-33(28,29-3)32-24-21-26-2;1-2-3-4-5-6-7-8-9-10-11-12-13-14-15-16-17-18(19)20/h26H,4-24H2,1-3H3;2-17H2,1H3,(H,19,20). The highest BCUT2D eigenvalue weighted by molar-refractivity contribution is 7.48. The van der Waals surface area contributed by atoms with Crippen molar-refractivity contribution in [2.45, 2.75) is 226 Å². The average Bonchev–Trinajstić information content (AvgIpc) is 3.15. The maximum Gasteiger partial charge on any atom is 0.474 e. The van der Waals surface area contributed by atoms with Crippen molar-refractivity contribution in [3.8, 4) is 0 Å². The zero-order valence-corrected chi connectivity index (χ0v) is 36.3. The van der Waals surface area contributed by atoms with Crippen LogP contribution in [0, 0.1) is 0 Å². The van der Waals surface area contributed by atoms with Crippen LogP contribution in [-0.2, 0) is 32.5 Å². The van der Waals surface area contributed by atoms with Crippen molar-refractivity contribution in [2.75, 3.05) is 40.5 Å². The van der Waals surface area contributed by atoms with Crippen molar-refractivity contribution in [2.24, 2.45) is 0 Å². The number of hydrogen-bond acceptors (Lipinski definition) is 8. The molecule has 0 saturated carbocycles. The molecular formula is C43H88NO8P. The smallest absolute Gasteiger partial charge is 0.474 e. The largest absolute Gasteiger partial charge is 0.481 e. The maximum atomic E-state index is 12.1. The zero-order chi connectivity index (χ0) is 39.4. The number of carbonyl (C=O) groups excluding carboxylic acids is 1. The van der Waals surface area contributed by atoms with Crippen LogP contribution in [0.15, 0.2) is 0 Å². The Kier molecular flexibility index (Phi) is 46.4. The minimum absolute atomic E-state index is 0.150. The molecule has 0 aromatic carbocycles. The molecular weight excluding hydrogens is 689 g/mol. The van der Waals surface area contributed by atoms with Crippen LogP contribution in [0.1, 0.15) is 226 Å². The first-order valence-corrected chi connectivity index (χ1v) is 23.8. The zero-order valence-electron chi connectivity index (χ0n) is 35.4. The predicted octanol–water partition coefficient (Wildman–Crippen LogP) is 13.5. The van der Waals surface area contributed by atoms with E-state index in [-0.39, 0.29) is 25.8 Å². The quantitative estimate of drug-likeness (QED) is 0.0354. The van der Waals surface area contributed by atoms with E-state index in [4.69, 9.17) is 23.4 Å². The van der Waals surface area contributed by atoms with Gasteiger partial charge in [0.1, 0.15) is 0 Å². The summed E-state index contributed by atoms with van der Waals surface area (Å²) in [7, 11) is -0.458. The van der Waals surface area contributed by atoms with Crippen molar-refractivity contribution >= 4 is 19.8 Å². The molecule has 0 bridgehead atoms. The number of rotatable bonds is 42. The number of carbonyl (C=O) groups is 2. The highest BCUT2D eigenvalue weighted by Gasteiger charge is 2.24. The Bertz CT molecular complexity index is 800. The van der Waals surface area contributed by atoms with Gasteiger partial charge in [0.2, 0.25) is 0 Å². The Labute approximate surface area is 328 Å². The molecule has 0 aliphatic rings. The summed E-state index contributed by atoms with van der Waals surface area (Å²) in [5, 5.41) is 11.4. The number of ether oxygens (including phenoxy) is 1. The fourth-order valence-corrected chi connectivity index (χ4v) is 7.14. The van der Waals surface area contributed by atoms with Crippen molar-refractivity contribution in [1.29, 1.82) is 0 Å². The minimum Gasteiger partial charge on any atom is -0.481 e. The lowest BCUT2D eigenvalue weighted by atomic mass is 10.0. The van der Waals surface area contributed by atoms with Crippen LogP contribution in [0.5, 0.6) is 0 Å². The van der Waals surface area contributed by atoms with Crippen molar-refractivity contribution in [3.63, 3.8) is 0 Å². The number of phosphoric ester groups is 1. The summed E-state index contributed by atoms with van der Waals surface area (Å²) >= 11 is 0. The number of likely N-dealkylation sites (N-methyl/N-ethyl adjacent to an activating group) is 1. The topological polar surface area (TPSA) is 120 Å². The van der Waals surface area contributed by atoms with Crippen molar-refractivity contribution in [3.05, 3.63) is 0 Å². The van der Waals surface area contributed by atoms with Crippen molar-refractivity contribution < 1.29 is 37.6 Å². The Morgan fingerprint density at radius 1 is 0.491 bits per heavy atom. The molecule has 2 N–H and O–H groups in total. The molecule has 0 rings (SSSR count). The normalized spacial score (nSPS) is 12.3. The van der Waals surface area contributed by atoms with E-state index in [1.54, 1.807) is 7.05 Å². The highest BCUT2D eigenvalue weighted by Crippen LogP contribution is 2.48. The van der Waals surface area contributed by atoms with Gasteiger partial charge in [0.15, 0.2) is 0 Å². The van der Waals surface area contributed by atoms with Gasteiger partial charge in [0, 0.05) is 32.9 Å². The van der Waals surface area contributed by atoms with E-state index in [0.29, 0.717) is 25.8 Å². The van der Waals surface area contributed by atoms with Crippen LogP contribution >= 0.6 is 7.82 Å². The molecule has 318 valence electrons. The second kappa shape index (κ2) is 45.4. The molecule has 0 fully saturated rings. The molecule has 10 heteroatoms. The molecule has 1 atom stereocenters. The van der Waals surface area contributed by atoms with Crippen LogP contribution in [0.4, 0.5) is 0 Å². The molecule has 0 aliphatic carbocycles. The number of carboxylic acid groups (broad SMARTS) is 1. The minimum atomic E-state index is -3.52. The van der Waals surface area contributed by atoms with E-state index in [9.17, 15) is 14.2 Å². The van der Waals surface area contributed by atoms with Gasteiger partial charge in [-0.3, -0.25) is 23.2 Å². The average molecular weight is 778 g/mol. The molecule has 0 amide bonds. The Balaban J connectivity index is 0. The number of hydrogen-bond donors (Lipinski definition) is 2. The first-order chi connectivity index (χ1) is 25.8. The van der Waals surface area contributed by atoms with E-state index in [0.717, 1.165) is 25.7 Å². The summed E-state index contributed by atoms with van der Waals surface area (Å²) in [5.74, 6) is -0.829. The monoisotopic (exact) mass is 778 g/mol. The summed E-state index contributed by atoms with van der Waals surface area (Å²) in [6.07, 6.45) is 40.7. The van der Waals surface area contributed by atoms with Gasteiger partial charge in [-0.15, -0.1) is 0 Å². The van der Waals surface area contributed by atoms with E-state index in [1.165, 1.54) is 174 Å². The van der Waals surface area contributed by atoms with Crippen LogP contribution in [0.2, 0.25) is 0 Å². The van der Waals surface area contributed by atoms with Gasteiger partial charge in [-0.1, -0.05) is 194 Å². The van der Waals surface area contributed by atoms with Crippen LogP contribution in [0.3, 0.4) is 0 Å². The first kappa shape index (κ1) is 54.1. The predicted molar refractivity (Wildman–Crippen MR) is 223 cm³/mol. The van der Waals surface area contributed by atoms with Gasteiger partial charge in [-0.25, -0.2) is 4.57 Å². The van der Waals surface area contributed by atoms with Gasteiger partial charge in [0.05, 0.1) is 19.8 Å². The number of phosphoric acid groups is 1. The molecule has 0 aromatic heterocycles. The fraction of sp³-hybridized carbons (Fsp3) is 0.953. The molecule has 0 aliphatic heterocycles. The molecule has 1 unspecified atom stereocenters. The van der Waals surface area contributed by atoms with Gasteiger partial charge >= 0.3 is 19.8 Å². The molecule has 0 saturated heterocycles. The van der Waals surface area contributed by atoms with Crippen LogP contribution in [-0.4, -0.2) is 57.6 Å². The second-order valence-corrected chi connectivity index (χ2v) is 16.5. The fourth-order valence-electron chi connectivity index (χ4n) is 6.18. The molecule has 0 spiro atoms. The van der Waals surface area contributed by atoms with E-state index in [1.807, 2.05) is 0 Å². The molecule has 0 heterocycles. The van der Waals surface area contributed by atoms with E-state index in [2.05, 4.69) is 19.2 Å². The highest BCUT2D eigenvalue weighted by atomic mass is 31.2. The first-order valence-electron chi connectivity index (χ1n) is 22.3. The Hall–Kier alpha value is -0.990. The third-order valence-corrected chi connectivity index (χ3v) is 11.0. The van der Waals surface area contributed by atoms with Crippen LogP contribution < -0.4 is 5.32 Å². The lowest BCUT2D eigenvalue weighted by Crippen LogP contribution is -2.14. The third-order valence-electron chi connectivity index (χ3n) is 9.60. The van der Waals surface area contributed by atoms with Gasteiger partial charge < -0.3 is 15.2 Å². The molecule has 9 nitrogen and oxygen atoms in total. The third kappa shape index (κ3) is 47.1. The number of unbranched alkanes of at least 4 members (excludes halogenated alkanes) is 28. The SMILES string of the molecule is CCCCCCCCCCCCCCCCCC(=O)O.CCCCCCCCCCCCCCCCCC(=O)OCCCOP(=O)(OC)OCCNC. The van der Waals surface area contributed by atoms with Gasteiger partial charge in [-0.05, 0) is 19.9 Å². The maximum absolute atomic E-state index is 12.1. The second-order valence-electron chi connectivity index (χ2n) is 14.8. The Morgan fingerprint density at radius 2 is 0.830 bits per heavy atom. The Morgan fingerprint density at radius 3 is 1.17 bits per heavy atom. The molecule has 0 aromatic rings. The number of esters is 1. The lowest BCUT2D eigenvalue weighted by molar-refractivity contribution is -0.144. The number of nitrogens with one attached hydrogen (secondary N) is 1. The summed E-state index contributed by atoms with van der Waals surface area (Å²) < 4.78 is 32.5. The van der Waals surface area contributed by atoms with E-state index >= 15 is 0 Å². The van der Waals surface area contributed by atoms with Crippen molar-refractivity contribution in [1.82, 2.24) is 5.32 Å². The molecule has 0 radical (unpaired) electrons. The number of aliphatic carboxylic acids is 1. The van der Waals surface area contributed by atoms with Crippen LogP contribution in [0.25, 0.3) is 0 Å². The van der Waals surface area contributed by atoms with Gasteiger partial charge in [0.25, 0.3) is 0 Å². The summed E-state index contributed by atoms with van der Waals surface area (Å²) in [6, 6.07) is 0. The summed E-state index contributed by atoms with van der Waals surface area (Å²) in [4.78, 5) is 22.1.